The first-order chi connectivity index (χ1) is 12.8. The molecular formula is C19H21ClN2O5. The molecule has 0 radical (unpaired) electrons. The molecular weight excluding hydrogens is 372 g/mol. The predicted molar refractivity (Wildman–Crippen MR) is 101 cm³/mol. The molecule has 144 valence electrons. The zero-order chi connectivity index (χ0) is 19.7. The fourth-order valence-corrected chi connectivity index (χ4v) is 3.23. The molecule has 2 amide bonds. The first-order valence-electron chi connectivity index (χ1n) is 8.73. The van der Waals surface area contributed by atoms with Crippen molar-refractivity contribution in [2.24, 2.45) is 0 Å². The van der Waals surface area contributed by atoms with E-state index in [-0.39, 0.29) is 24.1 Å². The fourth-order valence-electron chi connectivity index (χ4n) is 3.03. The number of rotatable bonds is 3. The average molecular weight is 393 g/mol. The molecule has 2 heterocycles. The van der Waals surface area contributed by atoms with E-state index in [2.05, 4.69) is 5.32 Å². The van der Waals surface area contributed by atoms with Crippen molar-refractivity contribution in [3.63, 3.8) is 0 Å². The van der Waals surface area contributed by atoms with Crippen LogP contribution in [0.4, 0.5) is 0 Å². The smallest absolute Gasteiger partial charge is 0.339 e. The van der Waals surface area contributed by atoms with Crippen LogP contribution in [-0.4, -0.2) is 42.5 Å². The zero-order valence-electron chi connectivity index (χ0n) is 15.4. The fraction of sp³-hybridized carbons (Fsp3) is 0.421. The van der Waals surface area contributed by atoms with Crippen LogP contribution in [-0.2, 0) is 9.59 Å². The second-order valence-electron chi connectivity index (χ2n) is 6.64. The third kappa shape index (κ3) is 3.93. The molecule has 1 aromatic heterocycles. The Kier molecular flexibility index (Phi) is 5.41. The van der Waals surface area contributed by atoms with Gasteiger partial charge in [-0.2, -0.15) is 0 Å². The Morgan fingerprint density at radius 3 is 2.78 bits per heavy atom. The summed E-state index contributed by atoms with van der Waals surface area (Å²) < 4.78 is 11.1. The van der Waals surface area contributed by atoms with Crippen molar-refractivity contribution in [2.75, 3.05) is 19.6 Å². The van der Waals surface area contributed by atoms with Crippen LogP contribution in [0.2, 0.25) is 5.02 Å². The third-order valence-electron chi connectivity index (χ3n) is 4.73. The maximum absolute atomic E-state index is 12.6. The summed E-state index contributed by atoms with van der Waals surface area (Å²) in [5, 5.41) is 3.75. The Labute approximate surface area is 161 Å². The van der Waals surface area contributed by atoms with Crippen LogP contribution >= 0.6 is 11.6 Å². The lowest BCUT2D eigenvalue weighted by Crippen LogP contribution is -2.43. The average Bonchev–Trinajstić information content (AvgIpc) is 2.85. The molecule has 2 aromatic rings. The molecule has 1 aliphatic heterocycles. The molecule has 0 saturated carbocycles. The monoisotopic (exact) mass is 392 g/mol. The molecule has 1 fully saturated rings. The minimum absolute atomic E-state index is 0.00529. The number of benzene rings is 1. The van der Waals surface area contributed by atoms with Gasteiger partial charge in [-0.25, -0.2) is 4.79 Å². The van der Waals surface area contributed by atoms with E-state index in [4.69, 9.17) is 20.8 Å². The van der Waals surface area contributed by atoms with Gasteiger partial charge in [-0.3, -0.25) is 9.59 Å². The standard InChI is InChI=1S/C19H21ClN2O5/c1-10-11(2)19(25)27-15-8-16(14(20)7-13(10)15)26-12(3)18(24)22-6-4-5-21-17(23)9-22/h7-8,12H,4-6,9H2,1-3H3,(H,21,23). The van der Waals surface area contributed by atoms with Crippen molar-refractivity contribution in [3.8, 4) is 5.75 Å². The summed E-state index contributed by atoms with van der Waals surface area (Å²) in [5.41, 5.74) is 1.23. The second kappa shape index (κ2) is 7.60. The van der Waals surface area contributed by atoms with Gasteiger partial charge in [-0.05, 0) is 38.8 Å². The van der Waals surface area contributed by atoms with Crippen molar-refractivity contribution >= 4 is 34.4 Å². The molecule has 1 saturated heterocycles. The molecule has 1 N–H and O–H groups in total. The van der Waals surface area contributed by atoms with Crippen LogP contribution < -0.4 is 15.7 Å². The minimum Gasteiger partial charge on any atom is -0.479 e. The van der Waals surface area contributed by atoms with Crippen LogP contribution in [0.3, 0.4) is 0 Å². The number of carbonyl (C=O) groups is 2. The number of nitrogens with one attached hydrogen (secondary N) is 1. The van der Waals surface area contributed by atoms with Crippen LogP contribution in [0.25, 0.3) is 11.0 Å². The summed E-state index contributed by atoms with van der Waals surface area (Å²) >= 11 is 6.32. The number of ether oxygens (including phenoxy) is 1. The maximum atomic E-state index is 12.6. The highest BCUT2D eigenvalue weighted by atomic mass is 35.5. The van der Waals surface area contributed by atoms with Gasteiger partial charge in [-0.15, -0.1) is 0 Å². The lowest BCUT2D eigenvalue weighted by atomic mass is 10.1. The number of nitrogens with zero attached hydrogens (tertiary/aromatic N) is 1. The molecule has 27 heavy (non-hydrogen) atoms. The SMILES string of the molecule is Cc1c(C)c2cc(Cl)c(OC(C)C(=O)N3CCCNC(=O)C3)cc2oc1=O. The van der Waals surface area contributed by atoms with Crippen molar-refractivity contribution in [1.29, 1.82) is 0 Å². The molecule has 8 heteroatoms. The topological polar surface area (TPSA) is 88.8 Å². The van der Waals surface area contributed by atoms with Gasteiger partial charge in [0.1, 0.15) is 11.3 Å². The minimum atomic E-state index is -0.843. The molecule has 7 nitrogen and oxygen atoms in total. The zero-order valence-corrected chi connectivity index (χ0v) is 16.2. The molecule has 0 bridgehead atoms. The summed E-state index contributed by atoms with van der Waals surface area (Å²) in [5.74, 6) is -0.246. The Hall–Kier alpha value is -2.54. The molecule has 0 spiro atoms. The van der Waals surface area contributed by atoms with Gasteiger partial charge >= 0.3 is 5.63 Å². The molecule has 3 rings (SSSR count). The molecule has 0 aliphatic carbocycles. The number of amides is 2. The van der Waals surface area contributed by atoms with Crippen LogP contribution in [0.5, 0.6) is 5.75 Å². The largest absolute Gasteiger partial charge is 0.479 e. The summed E-state index contributed by atoms with van der Waals surface area (Å²) in [6.07, 6.45) is -0.158. The van der Waals surface area contributed by atoms with Crippen molar-refractivity contribution in [3.05, 3.63) is 38.7 Å². The molecule has 1 aromatic carbocycles. The number of halogens is 1. The Morgan fingerprint density at radius 2 is 2.04 bits per heavy atom. The predicted octanol–water partition coefficient (Wildman–Crippen LogP) is 2.18. The number of aryl methyl sites for hydroxylation is 1. The Balaban J connectivity index is 1.86. The molecule has 1 atom stereocenters. The van der Waals surface area contributed by atoms with Crippen LogP contribution in [0.1, 0.15) is 24.5 Å². The summed E-state index contributed by atoms with van der Waals surface area (Å²) in [7, 11) is 0. The van der Waals surface area contributed by atoms with Crippen LogP contribution in [0.15, 0.2) is 21.3 Å². The van der Waals surface area contributed by atoms with Crippen molar-refractivity contribution in [2.45, 2.75) is 33.3 Å². The number of carbonyl (C=O) groups excluding carboxylic acids is 2. The number of fused-ring (bicyclic) bond motifs is 1. The Bertz CT molecular complexity index is 969. The van der Waals surface area contributed by atoms with Crippen molar-refractivity contribution < 1.29 is 18.7 Å². The van der Waals surface area contributed by atoms with E-state index in [1.54, 1.807) is 19.9 Å². The van der Waals surface area contributed by atoms with Gasteiger partial charge in [0.25, 0.3) is 5.91 Å². The number of hydrogen-bond acceptors (Lipinski definition) is 5. The Morgan fingerprint density at radius 1 is 1.30 bits per heavy atom. The highest BCUT2D eigenvalue weighted by Gasteiger charge is 2.26. The van der Waals surface area contributed by atoms with Crippen LogP contribution in [0, 0.1) is 13.8 Å². The summed E-state index contributed by atoms with van der Waals surface area (Å²) in [6.45, 7) is 6.14. The van der Waals surface area contributed by atoms with Gasteiger partial charge in [0.2, 0.25) is 5.91 Å². The summed E-state index contributed by atoms with van der Waals surface area (Å²) in [6, 6.07) is 3.18. The quantitative estimate of drug-likeness (QED) is 0.809. The normalized spacial score (nSPS) is 16.0. The highest BCUT2D eigenvalue weighted by molar-refractivity contribution is 6.32. The van der Waals surface area contributed by atoms with Crippen molar-refractivity contribution in [1.82, 2.24) is 10.2 Å². The first kappa shape index (κ1) is 19.2. The highest BCUT2D eigenvalue weighted by Crippen LogP contribution is 2.32. The lowest BCUT2D eigenvalue weighted by Gasteiger charge is -2.24. The van der Waals surface area contributed by atoms with E-state index in [1.165, 1.54) is 11.0 Å². The van der Waals surface area contributed by atoms with E-state index in [0.29, 0.717) is 41.1 Å². The summed E-state index contributed by atoms with van der Waals surface area (Å²) in [4.78, 5) is 37.7. The maximum Gasteiger partial charge on any atom is 0.339 e. The van der Waals surface area contributed by atoms with Gasteiger partial charge < -0.3 is 19.4 Å². The van der Waals surface area contributed by atoms with E-state index in [1.807, 2.05) is 6.92 Å². The van der Waals surface area contributed by atoms with E-state index in [0.717, 1.165) is 5.56 Å². The van der Waals surface area contributed by atoms with Gasteiger partial charge in [0, 0.05) is 30.1 Å². The second-order valence-corrected chi connectivity index (χ2v) is 7.05. The number of hydrogen-bond donors (Lipinski definition) is 1. The molecule has 1 aliphatic rings. The van der Waals surface area contributed by atoms with Gasteiger partial charge in [-0.1, -0.05) is 11.6 Å². The van der Waals surface area contributed by atoms with E-state index in [9.17, 15) is 14.4 Å². The molecule has 1 unspecified atom stereocenters. The first-order valence-corrected chi connectivity index (χ1v) is 9.11. The third-order valence-corrected chi connectivity index (χ3v) is 5.03. The lowest BCUT2D eigenvalue weighted by molar-refractivity contribution is -0.140. The van der Waals surface area contributed by atoms with Gasteiger partial charge in [0.15, 0.2) is 6.10 Å². The van der Waals surface area contributed by atoms with E-state index >= 15 is 0 Å². The van der Waals surface area contributed by atoms with E-state index < -0.39 is 11.7 Å². The van der Waals surface area contributed by atoms with Gasteiger partial charge in [0.05, 0.1) is 11.6 Å².